The van der Waals surface area contributed by atoms with Gasteiger partial charge in [0, 0.05) is 24.6 Å². The van der Waals surface area contributed by atoms with Crippen LogP contribution in [0.1, 0.15) is 34.3 Å². The van der Waals surface area contributed by atoms with Crippen molar-refractivity contribution < 1.29 is 18.0 Å². The molecule has 7 nitrogen and oxygen atoms in total. The topological polar surface area (TPSA) is 118 Å². The minimum atomic E-state index is -3.70. The van der Waals surface area contributed by atoms with Crippen molar-refractivity contribution in [1.29, 1.82) is 0 Å². The molecule has 4 N–H and O–H groups in total. The van der Waals surface area contributed by atoms with E-state index < -0.39 is 10.0 Å². The summed E-state index contributed by atoms with van der Waals surface area (Å²) in [6.45, 7) is 0.887. The average molecular weight is 401 g/mol. The number of rotatable bonds is 8. The Labute approximate surface area is 164 Å². The van der Waals surface area contributed by atoms with Gasteiger partial charge >= 0.3 is 0 Å². The monoisotopic (exact) mass is 401 g/mol. The van der Waals surface area contributed by atoms with E-state index >= 15 is 0 Å². The van der Waals surface area contributed by atoms with Gasteiger partial charge in [-0.05, 0) is 54.7 Å². The fourth-order valence-corrected chi connectivity index (χ4v) is 3.24. The van der Waals surface area contributed by atoms with Crippen LogP contribution in [-0.4, -0.2) is 26.8 Å². The quantitative estimate of drug-likeness (QED) is 0.618. The van der Waals surface area contributed by atoms with Crippen LogP contribution >= 0.6 is 0 Å². The molecule has 0 radical (unpaired) electrons. The number of benzene rings is 2. The van der Waals surface area contributed by atoms with Crippen molar-refractivity contribution in [1.82, 2.24) is 10.6 Å². The van der Waals surface area contributed by atoms with Crippen LogP contribution in [0.3, 0.4) is 0 Å². The first-order valence-corrected chi connectivity index (χ1v) is 10.6. The first kappa shape index (κ1) is 20.0. The molecule has 8 heteroatoms. The Morgan fingerprint density at radius 1 is 0.929 bits per heavy atom. The van der Waals surface area contributed by atoms with Crippen LogP contribution in [0.4, 0.5) is 0 Å². The molecule has 0 spiro atoms. The standard InChI is InChI=1S/C20H23N3O4S/c21-28(26,27)18-9-3-14(4-10-18)11-12-22-19(24)16-5-1-15(2-6-16)13-23-20(25)17-7-8-17/h1-6,9-10,17H,7-8,11-13H2,(H,22,24)(H,23,25)(H2,21,26,27). The highest BCUT2D eigenvalue weighted by Crippen LogP contribution is 2.28. The zero-order valence-corrected chi connectivity index (χ0v) is 16.2. The third-order valence-corrected chi connectivity index (χ3v) is 5.51. The SMILES string of the molecule is NS(=O)(=O)c1ccc(CCNC(=O)c2ccc(CNC(=O)C3CC3)cc2)cc1. The maximum Gasteiger partial charge on any atom is 0.251 e. The Kier molecular flexibility index (Phi) is 6.11. The second-order valence-corrected chi connectivity index (χ2v) is 8.45. The van der Waals surface area contributed by atoms with E-state index in [0.717, 1.165) is 24.0 Å². The van der Waals surface area contributed by atoms with Gasteiger partial charge in [0.15, 0.2) is 0 Å². The van der Waals surface area contributed by atoms with E-state index in [1.165, 1.54) is 12.1 Å². The zero-order chi connectivity index (χ0) is 20.1. The molecule has 2 aromatic rings. The Bertz CT molecular complexity index is 950. The van der Waals surface area contributed by atoms with Crippen molar-refractivity contribution in [3.8, 4) is 0 Å². The predicted molar refractivity (Wildman–Crippen MR) is 105 cm³/mol. The number of nitrogens with one attached hydrogen (secondary N) is 2. The van der Waals surface area contributed by atoms with E-state index in [1.807, 2.05) is 12.1 Å². The number of sulfonamides is 1. The number of hydrogen-bond donors (Lipinski definition) is 3. The Morgan fingerprint density at radius 3 is 2.11 bits per heavy atom. The summed E-state index contributed by atoms with van der Waals surface area (Å²) in [4.78, 5) is 23.9. The van der Waals surface area contributed by atoms with Gasteiger partial charge in [0.05, 0.1) is 4.90 Å². The normalized spacial score (nSPS) is 13.8. The molecule has 0 aliphatic heterocycles. The fourth-order valence-electron chi connectivity index (χ4n) is 2.72. The maximum absolute atomic E-state index is 12.2. The summed E-state index contributed by atoms with van der Waals surface area (Å²) in [5, 5.41) is 10.8. The smallest absolute Gasteiger partial charge is 0.251 e. The third kappa shape index (κ3) is 5.64. The maximum atomic E-state index is 12.2. The lowest BCUT2D eigenvalue weighted by molar-refractivity contribution is -0.122. The lowest BCUT2D eigenvalue weighted by Gasteiger charge is -2.08. The van der Waals surface area contributed by atoms with Crippen LogP contribution in [0.15, 0.2) is 53.4 Å². The molecule has 0 saturated heterocycles. The van der Waals surface area contributed by atoms with Crippen LogP contribution in [0.25, 0.3) is 0 Å². The highest BCUT2D eigenvalue weighted by atomic mass is 32.2. The van der Waals surface area contributed by atoms with E-state index in [2.05, 4.69) is 10.6 Å². The number of hydrogen-bond acceptors (Lipinski definition) is 4. The van der Waals surface area contributed by atoms with Gasteiger partial charge in [-0.1, -0.05) is 24.3 Å². The summed E-state index contributed by atoms with van der Waals surface area (Å²) >= 11 is 0. The molecule has 0 aromatic heterocycles. The van der Waals surface area contributed by atoms with Crippen LogP contribution in [0.2, 0.25) is 0 Å². The number of carbonyl (C=O) groups excluding carboxylic acids is 2. The van der Waals surface area contributed by atoms with Gasteiger partial charge in [-0.15, -0.1) is 0 Å². The van der Waals surface area contributed by atoms with Gasteiger partial charge in [0.25, 0.3) is 5.91 Å². The minimum Gasteiger partial charge on any atom is -0.352 e. The molecular formula is C20H23N3O4S. The van der Waals surface area contributed by atoms with Gasteiger partial charge in [-0.3, -0.25) is 9.59 Å². The Balaban J connectivity index is 1.44. The van der Waals surface area contributed by atoms with Gasteiger partial charge in [0.1, 0.15) is 0 Å². The molecule has 0 bridgehead atoms. The van der Waals surface area contributed by atoms with E-state index in [9.17, 15) is 18.0 Å². The average Bonchev–Trinajstić information content (AvgIpc) is 3.51. The molecule has 3 rings (SSSR count). The van der Waals surface area contributed by atoms with Gasteiger partial charge in [-0.25, -0.2) is 13.6 Å². The molecule has 1 fully saturated rings. The van der Waals surface area contributed by atoms with Crippen LogP contribution in [0.5, 0.6) is 0 Å². The van der Waals surface area contributed by atoms with Crippen LogP contribution < -0.4 is 15.8 Å². The largest absolute Gasteiger partial charge is 0.352 e. The molecule has 148 valence electrons. The summed E-state index contributed by atoms with van der Waals surface area (Å²) in [5.74, 6) is 0.0922. The van der Waals surface area contributed by atoms with Gasteiger partial charge < -0.3 is 10.6 Å². The van der Waals surface area contributed by atoms with Crippen molar-refractivity contribution in [2.24, 2.45) is 11.1 Å². The van der Waals surface area contributed by atoms with Gasteiger partial charge in [0.2, 0.25) is 15.9 Å². The molecular weight excluding hydrogens is 378 g/mol. The molecule has 0 unspecified atom stereocenters. The highest BCUT2D eigenvalue weighted by Gasteiger charge is 2.29. The molecule has 2 amide bonds. The van der Waals surface area contributed by atoms with E-state index in [-0.39, 0.29) is 22.6 Å². The van der Waals surface area contributed by atoms with E-state index in [0.29, 0.717) is 25.1 Å². The number of carbonyl (C=O) groups is 2. The lowest BCUT2D eigenvalue weighted by atomic mass is 10.1. The van der Waals surface area contributed by atoms with Crippen molar-refractivity contribution in [2.75, 3.05) is 6.54 Å². The summed E-state index contributed by atoms with van der Waals surface area (Å²) in [6, 6.07) is 13.4. The predicted octanol–water partition coefficient (Wildman–Crippen LogP) is 1.33. The molecule has 0 heterocycles. The fraction of sp³-hybridized carbons (Fsp3) is 0.300. The Hall–Kier alpha value is -2.71. The van der Waals surface area contributed by atoms with Crippen molar-refractivity contribution >= 4 is 21.8 Å². The highest BCUT2D eigenvalue weighted by molar-refractivity contribution is 7.89. The van der Waals surface area contributed by atoms with Crippen molar-refractivity contribution in [3.05, 3.63) is 65.2 Å². The first-order valence-electron chi connectivity index (χ1n) is 9.09. The number of nitrogens with two attached hydrogens (primary N) is 1. The van der Waals surface area contributed by atoms with Crippen LogP contribution in [-0.2, 0) is 27.8 Å². The first-order chi connectivity index (χ1) is 13.3. The third-order valence-electron chi connectivity index (χ3n) is 4.58. The molecule has 1 aliphatic carbocycles. The van der Waals surface area contributed by atoms with Gasteiger partial charge in [-0.2, -0.15) is 0 Å². The Morgan fingerprint density at radius 2 is 1.54 bits per heavy atom. The molecule has 1 saturated carbocycles. The van der Waals surface area contributed by atoms with Crippen molar-refractivity contribution in [3.63, 3.8) is 0 Å². The summed E-state index contributed by atoms with van der Waals surface area (Å²) in [5.41, 5.74) is 2.39. The zero-order valence-electron chi connectivity index (χ0n) is 15.4. The summed E-state index contributed by atoms with van der Waals surface area (Å²) in [6.07, 6.45) is 2.52. The second-order valence-electron chi connectivity index (χ2n) is 6.88. The molecule has 28 heavy (non-hydrogen) atoms. The van der Waals surface area contributed by atoms with Crippen LogP contribution in [0, 0.1) is 5.92 Å². The lowest BCUT2D eigenvalue weighted by Crippen LogP contribution is -2.26. The molecule has 0 atom stereocenters. The summed E-state index contributed by atoms with van der Waals surface area (Å²) in [7, 11) is -3.70. The molecule has 1 aliphatic rings. The summed E-state index contributed by atoms with van der Waals surface area (Å²) < 4.78 is 22.5. The molecule has 2 aromatic carbocycles. The van der Waals surface area contributed by atoms with E-state index in [1.54, 1.807) is 24.3 Å². The minimum absolute atomic E-state index is 0.0636. The number of primary sulfonamides is 1. The number of amides is 2. The van der Waals surface area contributed by atoms with E-state index in [4.69, 9.17) is 5.14 Å². The second kappa shape index (κ2) is 8.53. The van der Waals surface area contributed by atoms with Crippen molar-refractivity contribution in [2.45, 2.75) is 30.7 Å².